The molecule has 0 saturated carbocycles. The van der Waals surface area contributed by atoms with Crippen molar-refractivity contribution in [3.63, 3.8) is 0 Å². The van der Waals surface area contributed by atoms with Crippen LogP contribution in [0.5, 0.6) is 0 Å². The SMILES string of the molecule is O=S(=O)(F)c1ccnn1CCc1ccccc1. The van der Waals surface area contributed by atoms with Crippen LogP contribution in [0.3, 0.4) is 0 Å². The molecule has 0 fully saturated rings. The Hall–Kier alpha value is -1.69. The van der Waals surface area contributed by atoms with Crippen LogP contribution in [0.1, 0.15) is 5.56 Å². The number of benzene rings is 1. The van der Waals surface area contributed by atoms with Gasteiger partial charge >= 0.3 is 10.2 Å². The molecule has 17 heavy (non-hydrogen) atoms. The van der Waals surface area contributed by atoms with Crippen LogP contribution < -0.4 is 0 Å². The third kappa shape index (κ3) is 2.91. The van der Waals surface area contributed by atoms with Gasteiger partial charge in [-0.25, -0.2) is 0 Å². The van der Waals surface area contributed by atoms with Crippen molar-refractivity contribution in [3.8, 4) is 0 Å². The van der Waals surface area contributed by atoms with Gasteiger partial charge in [-0.3, -0.25) is 4.68 Å². The summed E-state index contributed by atoms with van der Waals surface area (Å²) in [6, 6.07) is 10.7. The second-order valence-corrected chi connectivity index (χ2v) is 4.86. The minimum atomic E-state index is -4.69. The van der Waals surface area contributed by atoms with Crippen LogP contribution in [0.25, 0.3) is 0 Å². The number of halogens is 1. The predicted octanol–water partition coefficient (Wildman–Crippen LogP) is 1.78. The molecule has 0 N–H and O–H groups in total. The molecule has 4 nitrogen and oxygen atoms in total. The van der Waals surface area contributed by atoms with E-state index in [1.165, 1.54) is 6.20 Å². The lowest BCUT2D eigenvalue weighted by molar-refractivity contribution is 0.510. The van der Waals surface area contributed by atoms with Crippen molar-refractivity contribution < 1.29 is 12.3 Å². The summed E-state index contributed by atoms with van der Waals surface area (Å²) in [6.45, 7) is 0.329. The zero-order valence-corrected chi connectivity index (χ0v) is 9.77. The Morgan fingerprint density at radius 3 is 2.53 bits per heavy atom. The fourth-order valence-electron chi connectivity index (χ4n) is 1.58. The quantitative estimate of drug-likeness (QED) is 0.781. The topological polar surface area (TPSA) is 52.0 Å². The van der Waals surface area contributed by atoms with E-state index in [1.54, 1.807) is 0 Å². The van der Waals surface area contributed by atoms with Crippen molar-refractivity contribution in [3.05, 3.63) is 48.2 Å². The molecule has 1 heterocycles. The van der Waals surface area contributed by atoms with Crippen molar-refractivity contribution in [1.82, 2.24) is 9.78 Å². The highest BCUT2D eigenvalue weighted by atomic mass is 32.3. The number of aryl methyl sites for hydroxylation is 2. The van der Waals surface area contributed by atoms with Crippen LogP contribution >= 0.6 is 0 Å². The lowest BCUT2D eigenvalue weighted by atomic mass is 10.1. The van der Waals surface area contributed by atoms with E-state index >= 15 is 0 Å². The maximum atomic E-state index is 12.9. The van der Waals surface area contributed by atoms with Gasteiger partial charge in [0.25, 0.3) is 0 Å². The van der Waals surface area contributed by atoms with E-state index in [0.29, 0.717) is 13.0 Å². The Labute approximate surface area is 98.9 Å². The molecular formula is C11H11FN2O2S. The van der Waals surface area contributed by atoms with Crippen LogP contribution in [-0.2, 0) is 23.2 Å². The molecule has 0 bridgehead atoms. The summed E-state index contributed by atoms with van der Waals surface area (Å²) in [5.41, 5.74) is 1.05. The van der Waals surface area contributed by atoms with Crippen molar-refractivity contribution in [1.29, 1.82) is 0 Å². The number of rotatable bonds is 4. The fraction of sp³-hybridized carbons (Fsp3) is 0.182. The molecule has 0 spiro atoms. The van der Waals surface area contributed by atoms with Gasteiger partial charge in [0, 0.05) is 6.54 Å². The second kappa shape index (κ2) is 4.67. The average Bonchev–Trinajstić information content (AvgIpc) is 2.75. The van der Waals surface area contributed by atoms with E-state index in [4.69, 9.17) is 0 Å². The number of hydrogen-bond donors (Lipinski definition) is 0. The molecule has 0 radical (unpaired) electrons. The lowest BCUT2D eigenvalue weighted by Gasteiger charge is -2.04. The molecule has 1 aromatic carbocycles. The van der Waals surface area contributed by atoms with Gasteiger partial charge in [0.05, 0.1) is 6.20 Å². The van der Waals surface area contributed by atoms with Crippen LogP contribution in [-0.4, -0.2) is 18.2 Å². The molecule has 0 saturated heterocycles. The normalized spacial score (nSPS) is 11.6. The zero-order chi connectivity index (χ0) is 12.3. The maximum absolute atomic E-state index is 12.9. The first-order chi connectivity index (χ1) is 8.07. The highest BCUT2D eigenvalue weighted by Gasteiger charge is 2.17. The molecule has 2 aromatic rings. The van der Waals surface area contributed by atoms with Crippen molar-refractivity contribution in [2.24, 2.45) is 0 Å². The first-order valence-electron chi connectivity index (χ1n) is 5.08. The molecule has 1 aromatic heterocycles. The van der Waals surface area contributed by atoms with Crippen LogP contribution in [0.4, 0.5) is 3.89 Å². The number of hydrogen-bond acceptors (Lipinski definition) is 3. The third-order valence-electron chi connectivity index (χ3n) is 2.38. The van der Waals surface area contributed by atoms with E-state index in [0.717, 1.165) is 16.3 Å². The van der Waals surface area contributed by atoms with E-state index in [2.05, 4.69) is 5.10 Å². The molecule has 0 aliphatic heterocycles. The molecule has 90 valence electrons. The molecule has 0 atom stereocenters. The summed E-state index contributed by atoms with van der Waals surface area (Å²) < 4.78 is 35.6. The van der Waals surface area contributed by atoms with Crippen LogP contribution in [0.2, 0.25) is 0 Å². The van der Waals surface area contributed by atoms with Crippen molar-refractivity contribution in [2.75, 3.05) is 0 Å². The van der Waals surface area contributed by atoms with Crippen LogP contribution in [0.15, 0.2) is 47.6 Å². The Morgan fingerprint density at radius 2 is 1.88 bits per heavy atom. The molecule has 0 aliphatic carbocycles. The zero-order valence-electron chi connectivity index (χ0n) is 8.95. The second-order valence-electron chi connectivity index (χ2n) is 3.57. The Morgan fingerprint density at radius 1 is 1.18 bits per heavy atom. The summed E-state index contributed by atoms with van der Waals surface area (Å²) in [5, 5.41) is 3.40. The molecule has 2 rings (SSSR count). The van der Waals surface area contributed by atoms with Crippen molar-refractivity contribution >= 4 is 10.2 Å². The third-order valence-corrected chi connectivity index (χ3v) is 3.23. The van der Waals surface area contributed by atoms with Gasteiger partial charge in [-0.05, 0) is 18.1 Å². The van der Waals surface area contributed by atoms with E-state index in [-0.39, 0.29) is 0 Å². The van der Waals surface area contributed by atoms with Gasteiger partial charge in [-0.1, -0.05) is 34.2 Å². The average molecular weight is 254 g/mol. The molecule has 6 heteroatoms. The Balaban J connectivity index is 2.13. The van der Waals surface area contributed by atoms with Gasteiger partial charge in [-0.2, -0.15) is 13.5 Å². The van der Waals surface area contributed by atoms with Crippen molar-refractivity contribution in [2.45, 2.75) is 18.0 Å². The summed E-state index contributed by atoms with van der Waals surface area (Å²) >= 11 is 0. The van der Waals surface area contributed by atoms with Gasteiger partial charge in [0.15, 0.2) is 5.03 Å². The number of nitrogens with zero attached hydrogens (tertiary/aromatic N) is 2. The van der Waals surface area contributed by atoms with Gasteiger partial charge in [0.2, 0.25) is 0 Å². The summed E-state index contributed by atoms with van der Waals surface area (Å²) in [7, 11) is -4.69. The summed E-state index contributed by atoms with van der Waals surface area (Å²) in [4.78, 5) is 0. The predicted molar refractivity (Wildman–Crippen MR) is 60.7 cm³/mol. The molecule has 0 amide bonds. The molecule has 0 aliphatic rings. The van der Waals surface area contributed by atoms with Gasteiger partial charge < -0.3 is 0 Å². The first kappa shape index (κ1) is 11.8. The molecule has 0 unspecified atom stereocenters. The Kier molecular flexibility index (Phi) is 3.23. The smallest absolute Gasteiger partial charge is 0.252 e. The van der Waals surface area contributed by atoms with E-state index in [9.17, 15) is 12.3 Å². The minimum Gasteiger partial charge on any atom is -0.252 e. The highest BCUT2D eigenvalue weighted by Crippen LogP contribution is 2.12. The molecular weight excluding hydrogens is 243 g/mol. The summed E-state index contributed by atoms with van der Waals surface area (Å²) in [6.07, 6.45) is 1.88. The largest absolute Gasteiger partial charge is 0.349 e. The fourth-order valence-corrected chi connectivity index (χ4v) is 2.19. The minimum absolute atomic E-state index is 0.329. The first-order valence-corrected chi connectivity index (χ1v) is 6.46. The maximum Gasteiger partial charge on any atom is 0.349 e. The lowest BCUT2D eigenvalue weighted by Crippen LogP contribution is -2.09. The Bertz CT molecular complexity index is 593. The van der Waals surface area contributed by atoms with Gasteiger partial charge in [0.1, 0.15) is 0 Å². The van der Waals surface area contributed by atoms with E-state index in [1.807, 2.05) is 30.3 Å². The van der Waals surface area contributed by atoms with Gasteiger partial charge in [-0.15, -0.1) is 0 Å². The standard InChI is InChI=1S/C11H11FN2O2S/c12-17(15,16)11-6-8-13-14(11)9-7-10-4-2-1-3-5-10/h1-6,8H,7,9H2. The monoisotopic (exact) mass is 254 g/mol. The summed E-state index contributed by atoms with van der Waals surface area (Å²) in [5.74, 6) is 0. The van der Waals surface area contributed by atoms with Crippen LogP contribution in [0, 0.1) is 0 Å². The van der Waals surface area contributed by atoms with E-state index < -0.39 is 15.2 Å². The number of aromatic nitrogens is 2. The highest BCUT2D eigenvalue weighted by molar-refractivity contribution is 7.86.